The Morgan fingerprint density at radius 2 is 0.557 bits per heavy atom. The van der Waals surface area contributed by atoms with Crippen molar-refractivity contribution in [1.82, 2.24) is 0 Å². The maximum atomic E-state index is 11.6. The summed E-state index contributed by atoms with van der Waals surface area (Å²) in [6.45, 7) is 6.78. The van der Waals surface area contributed by atoms with Gasteiger partial charge in [-0.25, -0.2) is 0 Å². The summed E-state index contributed by atoms with van der Waals surface area (Å²) in [5.41, 5.74) is 0. The van der Waals surface area contributed by atoms with Crippen molar-refractivity contribution in [2.45, 2.75) is 290 Å². The second-order valence-corrected chi connectivity index (χ2v) is 21.2. The van der Waals surface area contributed by atoms with E-state index in [4.69, 9.17) is 14.9 Å². The summed E-state index contributed by atoms with van der Waals surface area (Å²) < 4.78 is 4.85. The lowest BCUT2D eigenvalue weighted by Gasteiger charge is -2.12. The van der Waals surface area contributed by atoms with Gasteiger partial charge in [0.05, 0.1) is 24.9 Å². The van der Waals surface area contributed by atoms with Crippen LogP contribution < -0.4 is 0 Å². The smallest absolute Gasteiger partial charge is 0.308 e. The number of esters is 1. The third-order valence-electron chi connectivity index (χ3n) is 13.4. The third kappa shape index (κ3) is 59.2. The summed E-state index contributed by atoms with van der Waals surface area (Å²) in [5, 5.41) is 18.1. The van der Waals surface area contributed by atoms with Crippen LogP contribution in [-0.4, -0.2) is 52.5 Å². The molecule has 0 aromatic heterocycles. The maximum absolute atomic E-state index is 11.6. The van der Waals surface area contributed by atoms with E-state index >= 15 is 0 Å². The molecule has 0 saturated heterocycles. The predicted molar refractivity (Wildman–Crippen MR) is 318 cm³/mol. The van der Waals surface area contributed by atoms with Gasteiger partial charge in [-0.15, -0.1) is 0 Å². The lowest BCUT2D eigenvalue weighted by Crippen LogP contribution is -2.16. The molecule has 0 amide bonds. The molecule has 3 unspecified atom stereocenters. The molecule has 0 fully saturated rings. The lowest BCUT2D eigenvalue weighted by atomic mass is 9.98. The van der Waals surface area contributed by atoms with Crippen LogP contribution in [0.25, 0.3) is 0 Å². The zero-order valence-corrected chi connectivity index (χ0v) is 49.1. The van der Waals surface area contributed by atoms with Crippen LogP contribution >= 0.6 is 37.9 Å². The van der Waals surface area contributed by atoms with E-state index in [0.717, 1.165) is 63.5 Å². The Balaban J connectivity index is -0.000000962. The molecule has 0 aliphatic carbocycles. The normalized spacial score (nSPS) is 12.7. The van der Waals surface area contributed by atoms with Gasteiger partial charge in [-0.05, 0) is 133 Å². The molecule has 0 aromatic carbocycles. The van der Waals surface area contributed by atoms with Crippen molar-refractivity contribution in [2.24, 2.45) is 17.8 Å². The molecule has 6 nitrogen and oxygen atoms in total. The maximum Gasteiger partial charge on any atom is 0.308 e. The number of ether oxygens (including phenoxy) is 1. The van der Waals surface area contributed by atoms with Crippen LogP contribution in [-0.2, 0) is 19.1 Å². The van der Waals surface area contributed by atoms with Gasteiger partial charge in [0.2, 0.25) is 0 Å². The number of methoxy groups -OCH3 is 1. The van der Waals surface area contributed by atoms with Gasteiger partial charge in [0.1, 0.15) is 0 Å². The van der Waals surface area contributed by atoms with Crippen molar-refractivity contribution in [3.8, 4) is 0 Å². The van der Waals surface area contributed by atoms with E-state index in [0.29, 0.717) is 24.3 Å². The minimum atomic E-state index is -0.656. The Bertz CT molecular complexity index is 1100. The first-order chi connectivity index (χ1) is 34.2. The number of carboxylic acid groups (broad SMARTS) is 2. The highest BCUT2D eigenvalue weighted by Crippen LogP contribution is 2.20. The van der Waals surface area contributed by atoms with E-state index in [1.165, 1.54) is 206 Å². The van der Waals surface area contributed by atoms with Gasteiger partial charge in [-0.2, -0.15) is 37.9 Å². The SMILES string of the molecule is CCCCCCCCC=CCCCCCCC(CCS)C(=O)O.CCCCCCCCC=CCCCCCCC(CCS)C(=O)O.CCCCCCCCC=CCCCCCCC(CCS)C(=O)OC. The van der Waals surface area contributed by atoms with Crippen molar-refractivity contribution < 1.29 is 29.3 Å². The predicted octanol–water partition coefficient (Wildman–Crippen LogP) is 20.1. The molecule has 0 saturated carbocycles. The number of allylic oxidation sites excluding steroid dienone is 6. The zero-order valence-electron chi connectivity index (χ0n) is 46.4. The van der Waals surface area contributed by atoms with Crippen LogP contribution in [0.4, 0.5) is 0 Å². The average Bonchev–Trinajstić information content (AvgIpc) is 3.35. The Labute approximate surface area is 451 Å². The van der Waals surface area contributed by atoms with E-state index in [9.17, 15) is 14.4 Å². The molecular weight excluding hydrogens is 925 g/mol. The van der Waals surface area contributed by atoms with Crippen LogP contribution in [0.15, 0.2) is 36.5 Å². The topological polar surface area (TPSA) is 101 Å². The van der Waals surface area contributed by atoms with Gasteiger partial charge >= 0.3 is 17.9 Å². The van der Waals surface area contributed by atoms with Crippen LogP contribution in [0.3, 0.4) is 0 Å². The number of thiol groups is 3. The second kappa shape index (κ2) is 63.8. The molecule has 3 atom stereocenters. The van der Waals surface area contributed by atoms with Gasteiger partial charge in [0.15, 0.2) is 0 Å². The van der Waals surface area contributed by atoms with Crippen molar-refractivity contribution in [1.29, 1.82) is 0 Å². The molecule has 0 bridgehead atoms. The van der Waals surface area contributed by atoms with E-state index in [2.05, 4.69) is 95.1 Å². The molecule has 0 aliphatic rings. The van der Waals surface area contributed by atoms with Crippen LogP contribution in [0, 0.1) is 17.8 Å². The molecule has 9 heteroatoms. The largest absolute Gasteiger partial charge is 0.481 e. The molecular formula is C61H116O6S3. The molecule has 2 N–H and O–H groups in total. The van der Waals surface area contributed by atoms with Crippen LogP contribution in [0.1, 0.15) is 290 Å². The monoisotopic (exact) mass is 1040 g/mol. The summed E-state index contributed by atoms with van der Waals surface area (Å²) in [6.07, 6.45) is 64.9. The van der Waals surface area contributed by atoms with Gasteiger partial charge in [0.25, 0.3) is 0 Å². The molecule has 0 heterocycles. The highest BCUT2D eigenvalue weighted by Gasteiger charge is 2.18. The number of unbranched alkanes of at least 4 members (excludes halogenated alkanes) is 30. The van der Waals surface area contributed by atoms with Crippen molar-refractivity contribution in [3.05, 3.63) is 36.5 Å². The Morgan fingerprint density at radius 1 is 0.343 bits per heavy atom. The zero-order chi connectivity index (χ0) is 52.2. The first kappa shape index (κ1) is 72.9. The Morgan fingerprint density at radius 3 is 0.786 bits per heavy atom. The number of aliphatic carboxylic acids is 2. The molecule has 414 valence electrons. The minimum Gasteiger partial charge on any atom is -0.481 e. The number of carbonyl (C=O) groups excluding carboxylic acids is 1. The highest BCUT2D eigenvalue weighted by molar-refractivity contribution is 7.80. The fraction of sp³-hybridized carbons (Fsp3) is 0.852. The van der Waals surface area contributed by atoms with Gasteiger partial charge in [-0.1, -0.05) is 211 Å². The average molecular weight is 1040 g/mol. The molecule has 0 radical (unpaired) electrons. The van der Waals surface area contributed by atoms with E-state index in [1.54, 1.807) is 0 Å². The fourth-order valence-electron chi connectivity index (χ4n) is 8.65. The first-order valence-electron chi connectivity index (χ1n) is 29.5. The number of carbonyl (C=O) groups is 3. The second-order valence-electron chi connectivity index (χ2n) is 19.9. The van der Waals surface area contributed by atoms with Crippen molar-refractivity contribution >= 4 is 55.8 Å². The van der Waals surface area contributed by atoms with E-state index < -0.39 is 11.9 Å². The minimum absolute atomic E-state index is 0.0460. The Kier molecular flexibility index (Phi) is 66.5. The summed E-state index contributed by atoms with van der Waals surface area (Å²) in [4.78, 5) is 33.6. The molecule has 0 aliphatic heterocycles. The summed E-state index contributed by atoms with van der Waals surface area (Å²) in [6, 6.07) is 0. The van der Waals surface area contributed by atoms with Gasteiger partial charge < -0.3 is 14.9 Å². The number of hydrogen-bond donors (Lipinski definition) is 5. The molecule has 0 aromatic rings. The summed E-state index contributed by atoms with van der Waals surface area (Å²) in [5.74, 6) is 0.373. The first-order valence-corrected chi connectivity index (χ1v) is 31.4. The molecule has 0 spiro atoms. The summed E-state index contributed by atoms with van der Waals surface area (Å²) >= 11 is 12.5. The summed E-state index contributed by atoms with van der Waals surface area (Å²) in [7, 11) is 1.48. The van der Waals surface area contributed by atoms with Gasteiger partial charge in [-0.3, -0.25) is 14.4 Å². The number of hydrogen-bond acceptors (Lipinski definition) is 7. The highest BCUT2D eigenvalue weighted by atomic mass is 32.1. The molecule has 0 rings (SSSR count). The Hall–Kier alpha value is -1.32. The third-order valence-corrected chi connectivity index (χ3v) is 14.1. The van der Waals surface area contributed by atoms with E-state index in [1.807, 2.05) is 0 Å². The fourth-order valence-corrected chi connectivity index (χ4v) is 9.59. The standard InChI is InChI=1S/C21H40O2S.2C20H38O2S/c1-3-4-5-6-7-8-9-10-11-12-13-14-15-16-17-20(18-19-24)21(22)23-2;2*1-2-3-4-5-6-7-8-9-10-11-12-13-14-15-16-19(17-18-23)20(21)22/h10-11,20,24H,3-9,12-19H2,1-2H3;2*9-10,19,23H,2-8,11-18H2,1H3,(H,21,22). The lowest BCUT2D eigenvalue weighted by molar-refractivity contribution is -0.146. The van der Waals surface area contributed by atoms with E-state index in [-0.39, 0.29) is 23.7 Å². The van der Waals surface area contributed by atoms with Gasteiger partial charge in [0, 0.05) is 0 Å². The van der Waals surface area contributed by atoms with Crippen LogP contribution in [0.5, 0.6) is 0 Å². The van der Waals surface area contributed by atoms with Crippen molar-refractivity contribution in [2.75, 3.05) is 24.4 Å². The van der Waals surface area contributed by atoms with Crippen LogP contribution in [0.2, 0.25) is 0 Å². The van der Waals surface area contributed by atoms with Crippen molar-refractivity contribution in [3.63, 3.8) is 0 Å². The quantitative estimate of drug-likeness (QED) is 0.0180. The molecule has 70 heavy (non-hydrogen) atoms. The number of carboxylic acids is 2. The number of rotatable bonds is 51.